The van der Waals surface area contributed by atoms with Gasteiger partial charge in [0.05, 0.1) is 6.54 Å². The molecule has 0 saturated carbocycles. The van der Waals surface area contributed by atoms with Gasteiger partial charge in [0, 0.05) is 6.54 Å². The van der Waals surface area contributed by atoms with Gasteiger partial charge in [0.2, 0.25) is 5.91 Å². The van der Waals surface area contributed by atoms with Gasteiger partial charge in [0.15, 0.2) is 0 Å². The number of carbonyl (C=O) groups is 1. The molecule has 1 aliphatic rings. The minimum absolute atomic E-state index is 0.202. The van der Waals surface area contributed by atoms with Gasteiger partial charge in [-0.3, -0.25) is 9.69 Å². The molecule has 15 heavy (non-hydrogen) atoms. The fraction of sp³-hybridized carbons (Fsp3) is 0.917. The van der Waals surface area contributed by atoms with Gasteiger partial charge in [-0.15, -0.1) is 0 Å². The minimum atomic E-state index is 0.202. The smallest absolute Gasteiger partial charge is 0.234 e. The molecule has 1 amide bonds. The maximum absolute atomic E-state index is 11.5. The third kappa shape index (κ3) is 5.78. The number of unbranched alkanes of at least 4 members (excludes halogenated alkanes) is 3. The van der Waals surface area contributed by atoms with Crippen molar-refractivity contribution in [3.63, 3.8) is 0 Å². The maximum Gasteiger partial charge on any atom is 0.234 e. The highest BCUT2D eigenvalue weighted by molar-refractivity contribution is 5.77. The number of rotatable bonds is 7. The number of hydrogen-bond donors (Lipinski definition) is 1. The predicted molar refractivity (Wildman–Crippen MR) is 62.8 cm³/mol. The van der Waals surface area contributed by atoms with Gasteiger partial charge in [-0.2, -0.15) is 0 Å². The van der Waals surface area contributed by atoms with Crippen molar-refractivity contribution >= 4 is 5.91 Å². The number of amides is 1. The molecule has 1 N–H and O–H groups in total. The van der Waals surface area contributed by atoms with Crippen LogP contribution in [0.15, 0.2) is 0 Å². The summed E-state index contributed by atoms with van der Waals surface area (Å²) in [6.07, 6.45) is 7.40. The van der Waals surface area contributed by atoms with E-state index in [4.69, 9.17) is 0 Å². The zero-order valence-corrected chi connectivity index (χ0v) is 9.93. The molecule has 0 spiro atoms. The first-order valence-electron chi connectivity index (χ1n) is 6.32. The van der Waals surface area contributed by atoms with Crippen LogP contribution in [0.25, 0.3) is 0 Å². The average Bonchev–Trinajstić information content (AvgIpc) is 2.70. The predicted octanol–water partition coefficient (Wildman–Crippen LogP) is 1.78. The first-order chi connectivity index (χ1) is 7.33. The molecule has 0 aromatic heterocycles. The van der Waals surface area contributed by atoms with E-state index in [-0.39, 0.29) is 5.91 Å². The third-order valence-corrected chi connectivity index (χ3v) is 2.92. The van der Waals surface area contributed by atoms with E-state index in [9.17, 15) is 4.79 Å². The molecule has 0 radical (unpaired) electrons. The highest BCUT2D eigenvalue weighted by Crippen LogP contribution is 2.05. The Bertz CT molecular complexity index is 176. The van der Waals surface area contributed by atoms with E-state index in [2.05, 4.69) is 17.1 Å². The summed E-state index contributed by atoms with van der Waals surface area (Å²) in [5.74, 6) is 0.202. The molecular weight excluding hydrogens is 188 g/mol. The van der Waals surface area contributed by atoms with Crippen molar-refractivity contribution in [1.82, 2.24) is 10.2 Å². The standard InChI is InChI=1S/C12H24N2O/c1-2-3-4-5-8-13-12(15)11-14-9-6-7-10-14/h2-11H2,1H3,(H,13,15). The highest BCUT2D eigenvalue weighted by Gasteiger charge is 2.14. The molecule has 0 aromatic carbocycles. The van der Waals surface area contributed by atoms with Crippen LogP contribution in [-0.2, 0) is 4.79 Å². The molecule has 0 aliphatic carbocycles. The molecule has 1 saturated heterocycles. The summed E-state index contributed by atoms with van der Waals surface area (Å²) < 4.78 is 0. The lowest BCUT2D eigenvalue weighted by atomic mass is 10.2. The number of carbonyl (C=O) groups excluding carboxylic acids is 1. The summed E-state index contributed by atoms with van der Waals surface area (Å²) in [6, 6.07) is 0. The molecule has 1 rings (SSSR count). The number of likely N-dealkylation sites (tertiary alicyclic amines) is 1. The molecule has 88 valence electrons. The van der Waals surface area contributed by atoms with Crippen LogP contribution in [0.4, 0.5) is 0 Å². The fourth-order valence-electron chi connectivity index (χ4n) is 1.98. The van der Waals surface area contributed by atoms with Crippen molar-refractivity contribution in [2.24, 2.45) is 0 Å². The van der Waals surface area contributed by atoms with Crippen molar-refractivity contribution in [3.8, 4) is 0 Å². The Balaban J connectivity index is 1.93. The molecule has 1 fully saturated rings. The summed E-state index contributed by atoms with van der Waals surface area (Å²) in [5.41, 5.74) is 0. The normalized spacial score (nSPS) is 16.9. The summed E-state index contributed by atoms with van der Waals surface area (Å²) in [6.45, 7) is 5.86. The van der Waals surface area contributed by atoms with Gasteiger partial charge in [-0.1, -0.05) is 26.2 Å². The number of hydrogen-bond acceptors (Lipinski definition) is 2. The fourth-order valence-corrected chi connectivity index (χ4v) is 1.98. The van der Waals surface area contributed by atoms with Crippen molar-refractivity contribution in [1.29, 1.82) is 0 Å². The molecule has 0 aromatic rings. The molecule has 3 heteroatoms. The second-order valence-corrected chi connectivity index (χ2v) is 4.39. The first kappa shape index (κ1) is 12.5. The van der Waals surface area contributed by atoms with Crippen LogP contribution in [-0.4, -0.2) is 37.0 Å². The highest BCUT2D eigenvalue weighted by atomic mass is 16.2. The molecule has 3 nitrogen and oxygen atoms in total. The number of nitrogens with one attached hydrogen (secondary N) is 1. The van der Waals surface area contributed by atoms with Crippen LogP contribution in [0, 0.1) is 0 Å². The molecular formula is C12H24N2O. The minimum Gasteiger partial charge on any atom is -0.355 e. The van der Waals surface area contributed by atoms with Gasteiger partial charge in [0.1, 0.15) is 0 Å². The van der Waals surface area contributed by atoms with Gasteiger partial charge in [-0.25, -0.2) is 0 Å². The summed E-state index contributed by atoms with van der Waals surface area (Å²) >= 11 is 0. The SMILES string of the molecule is CCCCCCNC(=O)CN1CCCC1. The van der Waals surface area contributed by atoms with Crippen molar-refractivity contribution in [2.75, 3.05) is 26.2 Å². The lowest BCUT2D eigenvalue weighted by molar-refractivity contribution is -0.122. The Labute approximate surface area is 93.2 Å². The van der Waals surface area contributed by atoms with E-state index in [0.717, 1.165) is 26.1 Å². The van der Waals surface area contributed by atoms with Crippen molar-refractivity contribution in [3.05, 3.63) is 0 Å². The van der Waals surface area contributed by atoms with Crippen molar-refractivity contribution in [2.45, 2.75) is 45.4 Å². The van der Waals surface area contributed by atoms with Crippen LogP contribution in [0.2, 0.25) is 0 Å². The molecule has 1 aliphatic heterocycles. The second kappa shape index (κ2) is 7.69. The average molecular weight is 212 g/mol. The summed E-state index contributed by atoms with van der Waals surface area (Å²) in [4.78, 5) is 13.7. The van der Waals surface area contributed by atoms with E-state index in [1.165, 1.54) is 32.1 Å². The third-order valence-electron chi connectivity index (χ3n) is 2.92. The molecule has 0 unspecified atom stereocenters. The zero-order chi connectivity index (χ0) is 10.9. The van der Waals surface area contributed by atoms with Crippen molar-refractivity contribution < 1.29 is 4.79 Å². The van der Waals surface area contributed by atoms with Crippen LogP contribution in [0.3, 0.4) is 0 Å². The lowest BCUT2D eigenvalue weighted by Crippen LogP contribution is -2.36. The Morgan fingerprint density at radius 3 is 2.60 bits per heavy atom. The van der Waals surface area contributed by atoms with E-state index in [0.29, 0.717) is 6.54 Å². The Hall–Kier alpha value is -0.570. The number of nitrogens with zero attached hydrogens (tertiary/aromatic N) is 1. The van der Waals surface area contributed by atoms with E-state index >= 15 is 0 Å². The van der Waals surface area contributed by atoms with Crippen LogP contribution < -0.4 is 5.32 Å². The molecule has 0 bridgehead atoms. The Kier molecular flexibility index (Phi) is 6.41. The van der Waals surface area contributed by atoms with E-state index in [1.807, 2.05) is 0 Å². The largest absolute Gasteiger partial charge is 0.355 e. The van der Waals surface area contributed by atoms with Gasteiger partial charge < -0.3 is 5.32 Å². The molecule has 0 atom stereocenters. The second-order valence-electron chi connectivity index (χ2n) is 4.39. The monoisotopic (exact) mass is 212 g/mol. The van der Waals surface area contributed by atoms with E-state index in [1.54, 1.807) is 0 Å². The topological polar surface area (TPSA) is 32.3 Å². The Morgan fingerprint density at radius 1 is 1.20 bits per heavy atom. The lowest BCUT2D eigenvalue weighted by Gasteiger charge is -2.13. The van der Waals surface area contributed by atoms with E-state index < -0.39 is 0 Å². The van der Waals surface area contributed by atoms with Crippen LogP contribution >= 0.6 is 0 Å². The maximum atomic E-state index is 11.5. The van der Waals surface area contributed by atoms with Gasteiger partial charge in [0.25, 0.3) is 0 Å². The van der Waals surface area contributed by atoms with Gasteiger partial charge >= 0.3 is 0 Å². The quantitative estimate of drug-likeness (QED) is 0.652. The van der Waals surface area contributed by atoms with Crippen LogP contribution in [0.1, 0.15) is 45.4 Å². The summed E-state index contributed by atoms with van der Waals surface area (Å²) in [5, 5.41) is 2.99. The molecule has 1 heterocycles. The first-order valence-corrected chi connectivity index (χ1v) is 6.32. The summed E-state index contributed by atoms with van der Waals surface area (Å²) in [7, 11) is 0. The Morgan fingerprint density at radius 2 is 1.93 bits per heavy atom. The zero-order valence-electron chi connectivity index (χ0n) is 9.93. The van der Waals surface area contributed by atoms with Gasteiger partial charge in [-0.05, 0) is 32.4 Å². The van der Waals surface area contributed by atoms with Crippen LogP contribution in [0.5, 0.6) is 0 Å².